The lowest BCUT2D eigenvalue weighted by molar-refractivity contribution is 0.300. The lowest BCUT2D eigenvalue weighted by atomic mass is 10.1. The van der Waals surface area contributed by atoms with Crippen molar-refractivity contribution in [3.8, 4) is 0 Å². The van der Waals surface area contributed by atoms with Gasteiger partial charge in [0, 0.05) is 17.1 Å². The highest BCUT2D eigenvalue weighted by molar-refractivity contribution is 9.10. The third kappa shape index (κ3) is 3.14. The van der Waals surface area contributed by atoms with E-state index in [9.17, 15) is 0 Å². The average molecular weight is 296 g/mol. The van der Waals surface area contributed by atoms with Gasteiger partial charge in [-0.2, -0.15) is 0 Å². The second-order valence-electron chi connectivity index (χ2n) is 3.95. The number of aryl methyl sites for hydroxylation is 1. The predicted octanol–water partition coefficient (Wildman–Crippen LogP) is 2.99. The molecule has 0 unspecified atom stereocenters. The fourth-order valence-electron chi connectivity index (χ4n) is 1.53. The number of halogens is 1. The van der Waals surface area contributed by atoms with Crippen molar-refractivity contribution in [2.75, 3.05) is 0 Å². The van der Waals surface area contributed by atoms with Crippen LogP contribution in [0.25, 0.3) is 0 Å². The molecule has 0 saturated carbocycles. The molecule has 5 heteroatoms. The average Bonchev–Trinajstić information content (AvgIpc) is 2.73. The van der Waals surface area contributed by atoms with Gasteiger partial charge in [0.15, 0.2) is 0 Å². The molecule has 1 heterocycles. The Kier molecular flexibility index (Phi) is 3.91. The highest BCUT2D eigenvalue weighted by atomic mass is 79.9. The van der Waals surface area contributed by atoms with Gasteiger partial charge in [-0.1, -0.05) is 38.4 Å². The van der Waals surface area contributed by atoms with Crippen LogP contribution in [0.2, 0.25) is 0 Å². The first-order valence-corrected chi connectivity index (χ1v) is 6.23. The van der Waals surface area contributed by atoms with E-state index in [2.05, 4.69) is 55.2 Å². The molecule has 4 nitrogen and oxygen atoms in total. The third-order valence-corrected chi connectivity index (χ3v) is 3.22. The number of rotatable bonds is 4. The molecule has 2 rings (SSSR count). The Morgan fingerprint density at radius 1 is 1.29 bits per heavy atom. The standard InChI is InChI=1S/C12H14BrN3O/c1-8(10-3-5-11(13)6-4-10)14-7-12-9(2)15-17-16-12/h3-6,8,14H,7H2,1-2H3/t8-/m0/s1. The Hall–Kier alpha value is -1.20. The van der Waals surface area contributed by atoms with Crippen molar-refractivity contribution in [1.82, 2.24) is 15.6 Å². The number of benzene rings is 1. The number of hydrogen-bond acceptors (Lipinski definition) is 4. The monoisotopic (exact) mass is 295 g/mol. The highest BCUT2D eigenvalue weighted by Crippen LogP contribution is 2.16. The molecule has 1 N–H and O–H groups in total. The molecule has 2 aromatic rings. The summed E-state index contributed by atoms with van der Waals surface area (Å²) in [6, 6.07) is 8.53. The summed E-state index contributed by atoms with van der Waals surface area (Å²) >= 11 is 3.42. The van der Waals surface area contributed by atoms with Gasteiger partial charge >= 0.3 is 0 Å². The molecule has 90 valence electrons. The summed E-state index contributed by atoms with van der Waals surface area (Å²) in [4.78, 5) is 0. The van der Waals surface area contributed by atoms with Crippen molar-refractivity contribution in [3.63, 3.8) is 0 Å². The van der Waals surface area contributed by atoms with E-state index in [0.717, 1.165) is 15.9 Å². The molecule has 0 aliphatic heterocycles. The Balaban J connectivity index is 1.95. The van der Waals surface area contributed by atoms with Gasteiger partial charge in [-0.05, 0) is 31.5 Å². The number of aromatic nitrogens is 2. The molecular weight excluding hydrogens is 282 g/mol. The van der Waals surface area contributed by atoms with Gasteiger partial charge in [0.1, 0.15) is 11.4 Å². The zero-order chi connectivity index (χ0) is 12.3. The fourth-order valence-corrected chi connectivity index (χ4v) is 1.79. The molecule has 0 fully saturated rings. The summed E-state index contributed by atoms with van der Waals surface area (Å²) < 4.78 is 5.74. The van der Waals surface area contributed by atoms with Crippen LogP contribution in [-0.4, -0.2) is 10.3 Å². The van der Waals surface area contributed by atoms with E-state index in [1.54, 1.807) is 0 Å². The maximum absolute atomic E-state index is 4.65. The summed E-state index contributed by atoms with van der Waals surface area (Å²) in [6.07, 6.45) is 0. The van der Waals surface area contributed by atoms with Crippen LogP contribution < -0.4 is 5.32 Å². The van der Waals surface area contributed by atoms with Crippen LogP contribution in [0.15, 0.2) is 33.4 Å². The first kappa shape index (κ1) is 12.3. The molecule has 1 aromatic heterocycles. The zero-order valence-electron chi connectivity index (χ0n) is 9.77. The topological polar surface area (TPSA) is 51.0 Å². The zero-order valence-corrected chi connectivity index (χ0v) is 11.4. The van der Waals surface area contributed by atoms with E-state index in [0.29, 0.717) is 6.54 Å². The summed E-state index contributed by atoms with van der Waals surface area (Å²) in [5.41, 5.74) is 2.93. The van der Waals surface area contributed by atoms with Gasteiger partial charge in [0.25, 0.3) is 0 Å². The minimum Gasteiger partial charge on any atom is -0.304 e. The van der Waals surface area contributed by atoms with E-state index in [4.69, 9.17) is 0 Å². The minimum atomic E-state index is 0.263. The molecule has 0 saturated heterocycles. The second kappa shape index (κ2) is 5.42. The molecule has 17 heavy (non-hydrogen) atoms. The van der Waals surface area contributed by atoms with Gasteiger partial charge in [0.05, 0.1) is 0 Å². The molecule has 0 aliphatic rings. The van der Waals surface area contributed by atoms with Crippen molar-refractivity contribution < 1.29 is 4.63 Å². The van der Waals surface area contributed by atoms with Crippen LogP contribution in [0, 0.1) is 6.92 Å². The van der Waals surface area contributed by atoms with Crippen LogP contribution in [0.3, 0.4) is 0 Å². The first-order valence-electron chi connectivity index (χ1n) is 5.43. The Morgan fingerprint density at radius 3 is 2.59 bits per heavy atom. The molecule has 0 radical (unpaired) electrons. The summed E-state index contributed by atoms with van der Waals surface area (Å²) in [5.74, 6) is 0. The quantitative estimate of drug-likeness (QED) is 0.942. The van der Waals surface area contributed by atoms with Crippen molar-refractivity contribution >= 4 is 15.9 Å². The van der Waals surface area contributed by atoms with Crippen molar-refractivity contribution in [3.05, 3.63) is 45.7 Å². The smallest absolute Gasteiger partial charge is 0.121 e. The molecule has 1 aromatic carbocycles. The van der Waals surface area contributed by atoms with Crippen LogP contribution in [0.5, 0.6) is 0 Å². The fraction of sp³-hybridized carbons (Fsp3) is 0.333. The summed E-state index contributed by atoms with van der Waals surface area (Å²) in [7, 11) is 0. The maximum atomic E-state index is 4.65. The maximum Gasteiger partial charge on any atom is 0.121 e. The van der Waals surface area contributed by atoms with E-state index in [-0.39, 0.29) is 6.04 Å². The van der Waals surface area contributed by atoms with Crippen LogP contribution in [0.4, 0.5) is 0 Å². The largest absolute Gasteiger partial charge is 0.304 e. The normalized spacial score (nSPS) is 12.6. The second-order valence-corrected chi connectivity index (χ2v) is 4.87. The molecule has 0 aliphatic carbocycles. The molecule has 0 amide bonds. The van der Waals surface area contributed by atoms with E-state index >= 15 is 0 Å². The van der Waals surface area contributed by atoms with Crippen LogP contribution in [-0.2, 0) is 6.54 Å². The molecular formula is C12H14BrN3O. The SMILES string of the molecule is Cc1nonc1CN[C@@H](C)c1ccc(Br)cc1. The van der Waals surface area contributed by atoms with Gasteiger partial charge in [-0.25, -0.2) is 4.63 Å². The summed E-state index contributed by atoms with van der Waals surface area (Å²) in [5, 5.41) is 11.0. The predicted molar refractivity (Wildman–Crippen MR) is 68.4 cm³/mol. The van der Waals surface area contributed by atoms with Crippen molar-refractivity contribution in [2.24, 2.45) is 0 Å². The Morgan fingerprint density at radius 2 is 2.00 bits per heavy atom. The Bertz CT molecular complexity index is 481. The number of nitrogens with zero attached hydrogens (tertiary/aromatic N) is 2. The lowest BCUT2D eigenvalue weighted by Crippen LogP contribution is -2.18. The molecule has 0 bridgehead atoms. The van der Waals surface area contributed by atoms with E-state index < -0.39 is 0 Å². The first-order chi connectivity index (χ1) is 8.16. The number of nitrogens with one attached hydrogen (secondary N) is 1. The Labute approximate surface area is 109 Å². The van der Waals surface area contributed by atoms with Gasteiger partial charge in [-0.3, -0.25) is 0 Å². The van der Waals surface area contributed by atoms with Gasteiger partial charge in [0.2, 0.25) is 0 Å². The van der Waals surface area contributed by atoms with E-state index in [1.165, 1.54) is 5.56 Å². The van der Waals surface area contributed by atoms with Gasteiger partial charge in [-0.15, -0.1) is 0 Å². The molecule has 0 spiro atoms. The molecule has 1 atom stereocenters. The van der Waals surface area contributed by atoms with Gasteiger partial charge < -0.3 is 5.32 Å². The van der Waals surface area contributed by atoms with Crippen molar-refractivity contribution in [2.45, 2.75) is 26.4 Å². The summed E-state index contributed by atoms with van der Waals surface area (Å²) in [6.45, 7) is 4.66. The van der Waals surface area contributed by atoms with E-state index in [1.807, 2.05) is 19.1 Å². The third-order valence-electron chi connectivity index (χ3n) is 2.69. The number of hydrogen-bond donors (Lipinski definition) is 1. The highest BCUT2D eigenvalue weighted by Gasteiger charge is 2.08. The lowest BCUT2D eigenvalue weighted by Gasteiger charge is -2.13. The van der Waals surface area contributed by atoms with Crippen LogP contribution in [0.1, 0.15) is 29.9 Å². The van der Waals surface area contributed by atoms with Crippen LogP contribution >= 0.6 is 15.9 Å². The van der Waals surface area contributed by atoms with Crippen molar-refractivity contribution in [1.29, 1.82) is 0 Å². The minimum absolute atomic E-state index is 0.263.